The zero-order valence-corrected chi connectivity index (χ0v) is 11.6. The number of rotatable bonds is 6. The molecule has 1 rings (SSSR count). The molecule has 0 aromatic heterocycles. The van der Waals surface area contributed by atoms with Gasteiger partial charge in [-0.05, 0) is 31.0 Å². The van der Waals surface area contributed by atoms with Gasteiger partial charge in [0.25, 0.3) is 5.91 Å². The summed E-state index contributed by atoms with van der Waals surface area (Å²) in [7, 11) is 0. The van der Waals surface area contributed by atoms with Crippen LogP contribution >= 0.6 is 0 Å². The third kappa shape index (κ3) is 4.44. The molecule has 0 bridgehead atoms. The van der Waals surface area contributed by atoms with E-state index in [2.05, 4.69) is 5.32 Å². The molecule has 1 atom stereocenters. The van der Waals surface area contributed by atoms with Gasteiger partial charge in [0.1, 0.15) is 5.75 Å². The molecule has 0 heterocycles. The van der Waals surface area contributed by atoms with Crippen LogP contribution in [0.25, 0.3) is 0 Å². The van der Waals surface area contributed by atoms with Gasteiger partial charge in [-0.1, -0.05) is 13.8 Å². The van der Waals surface area contributed by atoms with Crippen molar-refractivity contribution in [3.05, 3.63) is 23.8 Å². The molecule has 0 spiro atoms. The predicted octanol–water partition coefficient (Wildman–Crippen LogP) is 1.77. The third-order valence-corrected chi connectivity index (χ3v) is 2.90. The molecule has 1 unspecified atom stereocenters. The highest BCUT2D eigenvalue weighted by Crippen LogP contribution is 2.18. The normalized spacial score (nSPS) is 12.4. The Morgan fingerprint density at radius 3 is 2.74 bits per heavy atom. The van der Waals surface area contributed by atoms with Crippen LogP contribution in [-0.4, -0.2) is 30.3 Å². The number of ether oxygens (including phenoxy) is 1. The van der Waals surface area contributed by atoms with Crippen LogP contribution in [0.5, 0.6) is 5.75 Å². The highest BCUT2D eigenvalue weighted by atomic mass is 16.5. The number of hydrogen-bond acceptors (Lipinski definition) is 4. The smallest absolute Gasteiger partial charge is 0.253 e. The van der Waals surface area contributed by atoms with Crippen molar-refractivity contribution in [3.8, 4) is 5.75 Å². The summed E-state index contributed by atoms with van der Waals surface area (Å²) in [5.74, 6) is -0.0360. The van der Waals surface area contributed by atoms with Crippen molar-refractivity contribution in [3.63, 3.8) is 0 Å². The average Bonchev–Trinajstić information content (AvgIpc) is 2.36. The van der Waals surface area contributed by atoms with E-state index in [1.54, 1.807) is 0 Å². The average molecular weight is 266 g/mol. The number of carbonyl (C=O) groups excluding carboxylic acids is 1. The quantitative estimate of drug-likeness (QED) is 0.541. The molecule has 4 N–H and O–H groups in total. The number of nitrogen functional groups attached to an aromatic ring is 1. The van der Waals surface area contributed by atoms with Crippen LogP contribution in [0.15, 0.2) is 18.2 Å². The Hall–Kier alpha value is -1.75. The number of carbonyl (C=O) groups is 1. The fraction of sp³-hybridized carbons (Fsp3) is 0.500. The van der Waals surface area contributed by atoms with E-state index in [1.807, 2.05) is 20.8 Å². The molecular weight excluding hydrogens is 244 g/mol. The summed E-state index contributed by atoms with van der Waals surface area (Å²) < 4.78 is 5.35. The number of aromatic hydroxyl groups is 1. The lowest BCUT2D eigenvalue weighted by atomic mass is 10.0. The number of amides is 1. The molecule has 1 aromatic rings. The number of phenols is 1. The van der Waals surface area contributed by atoms with Crippen molar-refractivity contribution in [2.45, 2.75) is 26.8 Å². The molecule has 0 radical (unpaired) electrons. The minimum absolute atomic E-state index is 0.0188. The summed E-state index contributed by atoms with van der Waals surface area (Å²) in [6, 6.07) is 4.24. The number of anilines is 1. The van der Waals surface area contributed by atoms with Crippen molar-refractivity contribution in [1.82, 2.24) is 5.32 Å². The minimum atomic E-state index is -0.299. The number of hydrogen-bond donors (Lipinski definition) is 3. The zero-order valence-electron chi connectivity index (χ0n) is 11.6. The van der Waals surface area contributed by atoms with Crippen LogP contribution in [0.2, 0.25) is 0 Å². The SMILES string of the molecule is CCOCC(NC(=O)c1cc(O)ccc1N)C(C)C. The second-order valence-electron chi connectivity index (χ2n) is 4.75. The number of nitrogens with two attached hydrogens (primary N) is 1. The van der Waals surface area contributed by atoms with Crippen LogP contribution in [-0.2, 0) is 4.74 Å². The fourth-order valence-electron chi connectivity index (χ4n) is 1.63. The molecule has 5 nitrogen and oxygen atoms in total. The summed E-state index contributed by atoms with van der Waals surface area (Å²) in [6.07, 6.45) is 0. The second-order valence-corrected chi connectivity index (χ2v) is 4.75. The first-order chi connectivity index (χ1) is 8.95. The van der Waals surface area contributed by atoms with Gasteiger partial charge in [-0.25, -0.2) is 0 Å². The topological polar surface area (TPSA) is 84.6 Å². The Morgan fingerprint density at radius 2 is 2.16 bits per heavy atom. The summed E-state index contributed by atoms with van der Waals surface area (Å²) in [4.78, 5) is 12.1. The number of nitrogens with one attached hydrogen (secondary N) is 1. The van der Waals surface area contributed by atoms with Crippen molar-refractivity contribution < 1.29 is 14.6 Å². The molecule has 0 saturated heterocycles. The molecule has 1 amide bonds. The van der Waals surface area contributed by atoms with E-state index < -0.39 is 0 Å². The molecule has 0 aliphatic rings. The van der Waals surface area contributed by atoms with E-state index >= 15 is 0 Å². The highest BCUT2D eigenvalue weighted by Gasteiger charge is 2.19. The van der Waals surface area contributed by atoms with E-state index in [-0.39, 0.29) is 29.2 Å². The third-order valence-electron chi connectivity index (χ3n) is 2.90. The lowest BCUT2D eigenvalue weighted by molar-refractivity contribution is 0.0806. The lowest BCUT2D eigenvalue weighted by Gasteiger charge is -2.22. The van der Waals surface area contributed by atoms with Gasteiger partial charge >= 0.3 is 0 Å². The summed E-state index contributed by atoms with van der Waals surface area (Å²) >= 11 is 0. The Balaban J connectivity index is 2.78. The first-order valence-corrected chi connectivity index (χ1v) is 6.42. The van der Waals surface area contributed by atoms with Gasteiger partial charge in [0.05, 0.1) is 18.2 Å². The maximum atomic E-state index is 12.1. The van der Waals surface area contributed by atoms with Crippen molar-refractivity contribution >= 4 is 11.6 Å². The van der Waals surface area contributed by atoms with E-state index in [9.17, 15) is 9.90 Å². The van der Waals surface area contributed by atoms with E-state index in [0.717, 1.165) is 0 Å². The Morgan fingerprint density at radius 1 is 1.47 bits per heavy atom. The van der Waals surface area contributed by atoms with E-state index in [1.165, 1.54) is 18.2 Å². The van der Waals surface area contributed by atoms with Gasteiger partial charge in [-0.2, -0.15) is 0 Å². The van der Waals surface area contributed by atoms with Crippen LogP contribution in [0.3, 0.4) is 0 Å². The Kier molecular flexibility index (Phi) is 5.63. The number of phenolic OH excluding ortho intramolecular Hbond substituents is 1. The predicted molar refractivity (Wildman–Crippen MR) is 75.1 cm³/mol. The standard InChI is InChI=1S/C14H22N2O3/c1-4-19-8-13(9(2)3)16-14(18)11-7-10(17)5-6-12(11)15/h5-7,9,13,17H,4,8,15H2,1-3H3,(H,16,18). The van der Waals surface area contributed by atoms with Crippen LogP contribution < -0.4 is 11.1 Å². The van der Waals surface area contributed by atoms with Crippen LogP contribution in [0, 0.1) is 5.92 Å². The molecule has 5 heteroatoms. The molecule has 0 saturated carbocycles. The monoisotopic (exact) mass is 266 g/mol. The number of benzene rings is 1. The van der Waals surface area contributed by atoms with Gasteiger partial charge in [-0.15, -0.1) is 0 Å². The van der Waals surface area contributed by atoms with Gasteiger partial charge in [-0.3, -0.25) is 4.79 Å². The maximum absolute atomic E-state index is 12.1. The largest absolute Gasteiger partial charge is 0.508 e. The highest BCUT2D eigenvalue weighted by molar-refractivity contribution is 5.99. The van der Waals surface area contributed by atoms with E-state index in [4.69, 9.17) is 10.5 Å². The maximum Gasteiger partial charge on any atom is 0.253 e. The van der Waals surface area contributed by atoms with Crippen LogP contribution in [0.4, 0.5) is 5.69 Å². The zero-order chi connectivity index (χ0) is 14.4. The van der Waals surface area contributed by atoms with Gasteiger partial charge in [0.15, 0.2) is 0 Å². The van der Waals surface area contributed by atoms with Crippen LogP contribution in [0.1, 0.15) is 31.1 Å². The van der Waals surface area contributed by atoms with Gasteiger partial charge in [0, 0.05) is 12.3 Å². The molecule has 0 fully saturated rings. The molecular formula is C14H22N2O3. The van der Waals surface area contributed by atoms with Gasteiger partial charge < -0.3 is 20.9 Å². The first-order valence-electron chi connectivity index (χ1n) is 6.42. The molecule has 19 heavy (non-hydrogen) atoms. The van der Waals surface area contributed by atoms with Crippen molar-refractivity contribution in [2.75, 3.05) is 18.9 Å². The Bertz CT molecular complexity index is 433. The van der Waals surface area contributed by atoms with E-state index in [0.29, 0.717) is 18.9 Å². The lowest BCUT2D eigenvalue weighted by Crippen LogP contribution is -2.42. The summed E-state index contributed by atoms with van der Waals surface area (Å²) in [5, 5.41) is 12.3. The van der Waals surface area contributed by atoms with Gasteiger partial charge in [0.2, 0.25) is 0 Å². The summed E-state index contributed by atoms with van der Waals surface area (Å²) in [5.41, 5.74) is 6.36. The molecule has 0 aliphatic carbocycles. The molecule has 106 valence electrons. The Labute approximate surface area is 113 Å². The summed E-state index contributed by atoms with van der Waals surface area (Å²) in [6.45, 7) is 6.99. The molecule has 1 aromatic carbocycles. The fourth-order valence-corrected chi connectivity index (χ4v) is 1.63. The minimum Gasteiger partial charge on any atom is -0.508 e. The van der Waals surface area contributed by atoms with Crippen molar-refractivity contribution in [2.24, 2.45) is 5.92 Å². The van der Waals surface area contributed by atoms with Crippen molar-refractivity contribution in [1.29, 1.82) is 0 Å². The first kappa shape index (κ1) is 15.3. The molecule has 0 aliphatic heterocycles. The second kappa shape index (κ2) is 6.99.